The lowest BCUT2D eigenvalue weighted by Gasteiger charge is -1.84. The highest BCUT2D eigenvalue weighted by molar-refractivity contribution is 5.71. The van der Waals surface area contributed by atoms with Crippen LogP contribution in [0.5, 0.6) is 0 Å². The average molecular weight is 224 g/mol. The summed E-state index contributed by atoms with van der Waals surface area (Å²) >= 11 is 0. The zero-order valence-electron chi connectivity index (χ0n) is 9.05. The molecule has 6 N–H and O–H groups in total. The number of nitrogens with zero attached hydrogens (tertiary/aromatic N) is 1. The van der Waals surface area contributed by atoms with Gasteiger partial charge in [-0.1, -0.05) is 12.6 Å². The Morgan fingerprint density at radius 2 is 2.00 bits per heavy atom. The molecule has 0 saturated heterocycles. The topological polar surface area (TPSA) is 126 Å². The van der Waals surface area contributed by atoms with Gasteiger partial charge in [0.25, 0.3) is 5.97 Å². The van der Waals surface area contributed by atoms with Crippen LogP contribution in [-0.2, 0) is 4.79 Å². The molecule has 0 radical (unpaired) electrons. The SMILES string of the molecule is C=Cc1ccccn1.CC(=O)O.N=C(N)N. The summed E-state index contributed by atoms with van der Waals surface area (Å²) in [7, 11) is 0. The number of carboxylic acids is 1. The molecule has 0 unspecified atom stereocenters. The zero-order valence-corrected chi connectivity index (χ0v) is 9.05. The minimum atomic E-state index is -0.833. The van der Waals surface area contributed by atoms with Gasteiger partial charge >= 0.3 is 0 Å². The van der Waals surface area contributed by atoms with Gasteiger partial charge in [-0.25, -0.2) is 0 Å². The fourth-order valence-electron chi connectivity index (χ4n) is 0.497. The third-order valence-corrected chi connectivity index (χ3v) is 0.897. The quantitative estimate of drug-likeness (QED) is 0.411. The summed E-state index contributed by atoms with van der Waals surface area (Å²) in [6.45, 7) is 4.65. The lowest BCUT2D eigenvalue weighted by atomic mass is 10.4. The standard InChI is InChI=1S/C7H7N.C2H4O2.CH5N3/c1-2-7-5-3-4-6-8-7;1-2(3)4;2-1(3)4/h2-6H,1H2;1H3,(H,3,4);(H5,2,3,4). The molecule has 0 aromatic carbocycles. The van der Waals surface area contributed by atoms with Gasteiger partial charge in [0.15, 0.2) is 5.96 Å². The van der Waals surface area contributed by atoms with Crippen LogP contribution < -0.4 is 11.5 Å². The van der Waals surface area contributed by atoms with Crippen LogP contribution in [0, 0.1) is 5.41 Å². The lowest BCUT2D eigenvalue weighted by Crippen LogP contribution is -2.20. The normalized spacial score (nSPS) is 7.31. The van der Waals surface area contributed by atoms with Crippen molar-refractivity contribution in [2.24, 2.45) is 11.5 Å². The van der Waals surface area contributed by atoms with E-state index in [1.807, 2.05) is 18.2 Å². The number of pyridine rings is 1. The van der Waals surface area contributed by atoms with Crippen LogP contribution in [0.25, 0.3) is 6.08 Å². The minimum Gasteiger partial charge on any atom is -0.481 e. The molecule has 6 nitrogen and oxygen atoms in total. The van der Waals surface area contributed by atoms with E-state index in [1.54, 1.807) is 12.3 Å². The Hall–Kier alpha value is -2.37. The van der Waals surface area contributed by atoms with Crippen molar-refractivity contribution in [3.05, 3.63) is 36.7 Å². The molecule has 0 aliphatic heterocycles. The first-order chi connectivity index (χ1) is 7.40. The number of nitrogens with two attached hydrogens (primary N) is 2. The summed E-state index contributed by atoms with van der Waals surface area (Å²) in [4.78, 5) is 13.0. The first-order valence-corrected chi connectivity index (χ1v) is 4.22. The third-order valence-electron chi connectivity index (χ3n) is 0.897. The Labute approximate surface area is 94.1 Å². The number of carbonyl (C=O) groups is 1. The van der Waals surface area contributed by atoms with E-state index in [0.717, 1.165) is 12.6 Å². The van der Waals surface area contributed by atoms with Crippen LogP contribution in [0.1, 0.15) is 12.6 Å². The largest absolute Gasteiger partial charge is 0.481 e. The summed E-state index contributed by atoms with van der Waals surface area (Å²) in [5.41, 5.74) is 9.87. The monoisotopic (exact) mass is 224 g/mol. The molecule has 0 saturated carbocycles. The van der Waals surface area contributed by atoms with E-state index in [1.165, 1.54) is 0 Å². The molecule has 0 atom stereocenters. The van der Waals surface area contributed by atoms with Crippen molar-refractivity contribution >= 4 is 18.0 Å². The number of nitrogens with one attached hydrogen (secondary N) is 1. The Kier molecular flexibility index (Phi) is 10.8. The summed E-state index contributed by atoms with van der Waals surface area (Å²) in [6.07, 6.45) is 3.47. The van der Waals surface area contributed by atoms with E-state index in [2.05, 4.69) is 23.0 Å². The van der Waals surface area contributed by atoms with E-state index in [4.69, 9.17) is 15.3 Å². The maximum absolute atomic E-state index is 9.00. The third kappa shape index (κ3) is 22.6. The number of carboxylic acid groups (broad SMARTS) is 1. The molecule has 1 heterocycles. The van der Waals surface area contributed by atoms with Gasteiger partial charge in [-0.05, 0) is 18.2 Å². The van der Waals surface area contributed by atoms with Crippen LogP contribution in [0.3, 0.4) is 0 Å². The molecule has 0 aliphatic carbocycles. The lowest BCUT2D eigenvalue weighted by molar-refractivity contribution is -0.134. The molecule has 16 heavy (non-hydrogen) atoms. The molecular weight excluding hydrogens is 208 g/mol. The van der Waals surface area contributed by atoms with E-state index in [0.29, 0.717) is 0 Å². The summed E-state index contributed by atoms with van der Waals surface area (Å²) in [5.74, 6) is -1.17. The van der Waals surface area contributed by atoms with Crippen molar-refractivity contribution in [2.45, 2.75) is 6.92 Å². The highest BCUT2D eigenvalue weighted by Gasteiger charge is 1.77. The molecule has 1 aromatic heterocycles. The van der Waals surface area contributed by atoms with Gasteiger partial charge in [-0.3, -0.25) is 15.2 Å². The number of guanidine groups is 1. The van der Waals surface area contributed by atoms with Crippen LogP contribution in [0.15, 0.2) is 31.0 Å². The van der Waals surface area contributed by atoms with Crippen LogP contribution in [0.2, 0.25) is 0 Å². The molecule has 0 amide bonds. The van der Waals surface area contributed by atoms with Gasteiger partial charge < -0.3 is 16.6 Å². The zero-order chi connectivity index (χ0) is 13.0. The summed E-state index contributed by atoms with van der Waals surface area (Å²) in [6, 6.07) is 5.73. The second-order valence-corrected chi connectivity index (χ2v) is 2.43. The number of hydrogen-bond donors (Lipinski definition) is 4. The van der Waals surface area contributed by atoms with Crippen molar-refractivity contribution < 1.29 is 9.90 Å². The Morgan fingerprint density at radius 1 is 1.56 bits per heavy atom. The van der Waals surface area contributed by atoms with Crippen molar-refractivity contribution in [1.82, 2.24) is 4.98 Å². The first-order valence-electron chi connectivity index (χ1n) is 4.22. The van der Waals surface area contributed by atoms with Gasteiger partial charge in [-0.2, -0.15) is 0 Å². The number of aliphatic carboxylic acids is 1. The minimum absolute atomic E-state index is 0.333. The highest BCUT2D eigenvalue weighted by Crippen LogP contribution is 1.91. The molecule has 0 aliphatic rings. The molecule has 0 bridgehead atoms. The Balaban J connectivity index is 0. The van der Waals surface area contributed by atoms with Crippen molar-refractivity contribution in [3.63, 3.8) is 0 Å². The number of aromatic nitrogens is 1. The van der Waals surface area contributed by atoms with Gasteiger partial charge in [0.05, 0.1) is 5.69 Å². The number of rotatable bonds is 1. The van der Waals surface area contributed by atoms with Crippen LogP contribution in [-0.4, -0.2) is 22.0 Å². The molecule has 1 rings (SSSR count). The second kappa shape index (κ2) is 10.7. The molecule has 6 heteroatoms. The van der Waals surface area contributed by atoms with Gasteiger partial charge in [-0.15, -0.1) is 0 Å². The summed E-state index contributed by atoms with van der Waals surface area (Å²) < 4.78 is 0. The molecule has 0 spiro atoms. The van der Waals surface area contributed by atoms with E-state index >= 15 is 0 Å². The van der Waals surface area contributed by atoms with Crippen molar-refractivity contribution in [3.8, 4) is 0 Å². The Bertz CT molecular complexity index is 305. The molecular formula is C10H16N4O2. The van der Waals surface area contributed by atoms with Crippen molar-refractivity contribution in [1.29, 1.82) is 5.41 Å². The van der Waals surface area contributed by atoms with E-state index < -0.39 is 5.97 Å². The fraction of sp³-hybridized carbons (Fsp3) is 0.100. The van der Waals surface area contributed by atoms with Gasteiger partial charge in [0.2, 0.25) is 0 Å². The maximum atomic E-state index is 9.00. The maximum Gasteiger partial charge on any atom is 0.300 e. The fourth-order valence-corrected chi connectivity index (χ4v) is 0.497. The molecule has 88 valence electrons. The van der Waals surface area contributed by atoms with Crippen molar-refractivity contribution in [2.75, 3.05) is 0 Å². The van der Waals surface area contributed by atoms with Gasteiger partial charge in [0, 0.05) is 13.1 Å². The Morgan fingerprint density at radius 3 is 2.19 bits per heavy atom. The summed E-state index contributed by atoms with van der Waals surface area (Å²) in [5, 5.41) is 13.5. The van der Waals surface area contributed by atoms with E-state index in [9.17, 15) is 0 Å². The predicted octanol–water partition coefficient (Wildman–Crippen LogP) is 0.654. The van der Waals surface area contributed by atoms with Crippen LogP contribution >= 0.6 is 0 Å². The van der Waals surface area contributed by atoms with E-state index in [-0.39, 0.29) is 5.96 Å². The average Bonchev–Trinajstić information content (AvgIpc) is 2.17. The predicted molar refractivity (Wildman–Crippen MR) is 63.7 cm³/mol. The molecule has 0 fully saturated rings. The smallest absolute Gasteiger partial charge is 0.300 e. The van der Waals surface area contributed by atoms with Gasteiger partial charge in [0.1, 0.15) is 0 Å². The first kappa shape index (κ1) is 16.1. The highest BCUT2D eigenvalue weighted by atomic mass is 16.4. The molecule has 1 aromatic rings. The second-order valence-electron chi connectivity index (χ2n) is 2.43. The number of hydrogen-bond acceptors (Lipinski definition) is 3. The van der Waals surface area contributed by atoms with Crippen LogP contribution in [0.4, 0.5) is 0 Å².